The van der Waals surface area contributed by atoms with Gasteiger partial charge in [-0.3, -0.25) is 44.2 Å². The van der Waals surface area contributed by atoms with Crippen LogP contribution >= 0.6 is 23.5 Å². The molecule has 0 saturated carbocycles. The molecule has 2 saturated heterocycles. The number of ether oxygens (including phenoxy) is 1. The van der Waals surface area contributed by atoms with E-state index in [0.29, 0.717) is 0 Å². The second kappa shape index (κ2) is 22.7. The number of carbonyl (C=O) groups is 7. The largest absolute Gasteiger partial charge is 0.459 e. The molecule has 2 heterocycles. The zero-order valence-electron chi connectivity index (χ0n) is 37.9. The molecule has 6 atom stereocenters. The standard InChI is InChI=1S/C47H62N8O8S2/c1-45(2,3)63-34(58)28-51-40(60)36(53-33(57)26-30-19-13-9-14-20-30)44-55-38(47(6,7)65-44)42(62)49-24-23-48-41(61)37-46(4,5)64-43(54-37)35(39(59)50-27-31-21-15-10-16-22-31)52-32(56)25-29-17-11-8-12-18-29/h8-22,35-38,43-44,54-55H,23-28H2,1-7H3,(H,48,61)(H,49,62)(H,50,59)(H,51,60)(H,52,56)(H,53,57)/t35?,36?,37-,38-,43+,44+/m0/s1. The van der Waals surface area contributed by atoms with E-state index < -0.39 is 80.2 Å². The van der Waals surface area contributed by atoms with E-state index >= 15 is 0 Å². The highest BCUT2D eigenvalue weighted by Crippen LogP contribution is 2.40. The molecular weight excluding hydrogens is 869 g/mol. The minimum atomic E-state index is -1.16. The molecule has 2 unspecified atom stereocenters. The van der Waals surface area contributed by atoms with Gasteiger partial charge in [0.1, 0.15) is 36.3 Å². The molecule has 0 spiro atoms. The van der Waals surface area contributed by atoms with Gasteiger partial charge in [0.15, 0.2) is 0 Å². The number of carbonyl (C=O) groups excluding carboxylic acids is 7. The van der Waals surface area contributed by atoms with Crippen LogP contribution in [0, 0.1) is 0 Å². The summed E-state index contributed by atoms with van der Waals surface area (Å²) >= 11 is 2.69. The molecule has 18 heteroatoms. The Morgan fingerprint density at radius 2 is 0.969 bits per heavy atom. The Balaban J connectivity index is 1.17. The lowest BCUT2D eigenvalue weighted by molar-refractivity contribution is -0.154. The Bertz CT molecular complexity index is 2140. The van der Waals surface area contributed by atoms with Crippen molar-refractivity contribution in [3.63, 3.8) is 0 Å². The quantitative estimate of drug-likeness (QED) is 0.0640. The van der Waals surface area contributed by atoms with E-state index in [1.54, 1.807) is 32.9 Å². The molecule has 6 amide bonds. The maximum atomic E-state index is 13.7. The van der Waals surface area contributed by atoms with E-state index in [1.807, 2.05) is 107 Å². The van der Waals surface area contributed by atoms with Gasteiger partial charge >= 0.3 is 5.97 Å². The van der Waals surface area contributed by atoms with Crippen LogP contribution in [-0.2, 0) is 57.7 Å². The topological polar surface area (TPSA) is 225 Å². The minimum absolute atomic E-state index is 0.00991. The summed E-state index contributed by atoms with van der Waals surface area (Å²) in [5, 5.41) is 22.1. The molecule has 65 heavy (non-hydrogen) atoms. The first-order chi connectivity index (χ1) is 30.7. The van der Waals surface area contributed by atoms with Gasteiger partial charge < -0.3 is 36.6 Å². The van der Waals surface area contributed by atoms with Gasteiger partial charge in [0, 0.05) is 29.1 Å². The minimum Gasteiger partial charge on any atom is -0.459 e. The van der Waals surface area contributed by atoms with E-state index in [-0.39, 0.29) is 50.2 Å². The number of benzene rings is 3. The van der Waals surface area contributed by atoms with Gasteiger partial charge in [-0.25, -0.2) is 0 Å². The van der Waals surface area contributed by atoms with Crippen LogP contribution in [0.5, 0.6) is 0 Å². The van der Waals surface area contributed by atoms with E-state index in [4.69, 9.17) is 4.74 Å². The second-order valence-electron chi connectivity index (χ2n) is 18.0. The lowest BCUT2D eigenvalue weighted by Gasteiger charge is -2.25. The van der Waals surface area contributed by atoms with Crippen molar-refractivity contribution >= 4 is 64.9 Å². The number of hydrogen-bond acceptors (Lipinski definition) is 12. The van der Waals surface area contributed by atoms with E-state index in [9.17, 15) is 33.6 Å². The van der Waals surface area contributed by atoms with Crippen molar-refractivity contribution in [3.8, 4) is 0 Å². The van der Waals surface area contributed by atoms with Crippen LogP contribution in [0.25, 0.3) is 0 Å². The zero-order chi connectivity index (χ0) is 47.4. The predicted molar refractivity (Wildman–Crippen MR) is 252 cm³/mol. The molecule has 5 rings (SSSR count). The van der Waals surface area contributed by atoms with Crippen molar-refractivity contribution in [3.05, 3.63) is 108 Å². The summed E-state index contributed by atoms with van der Waals surface area (Å²) in [7, 11) is 0. The molecule has 2 fully saturated rings. The monoisotopic (exact) mass is 930 g/mol. The van der Waals surface area contributed by atoms with Crippen molar-refractivity contribution < 1.29 is 38.3 Å². The third-order valence-electron chi connectivity index (χ3n) is 10.5. The Morgan fingerprint density at radius 3 is 1.37 bits per heavy atom. The predicted octanol–water partition coefficient (Wildman–Crippen LogP) is 2.07. The molecule has 0 radical (unpaired) electrons. The fourth-order valence-corrected chi connectivity index (χ4v) is 10.4. The Kier molecular flexibility index (Phi) is 17.6. The molecule has 0 aromatic heterocycles. The highest BCUT2D eigenvalue weighted by atomic mass is 32.2. The van der Waals surface area contributed by atoms with Crippen LogP contribution in [0.1, 0.15) is 65.2 Å². The van der Waals surface area contributed by atoms with Crippen LogP contribution in [0.3, 0.4) is 0 Å². The summed E-state index contributed by atoms with van der Waals surface area (Å²) in [4.78, 5) is 93.7. The first kappa shape index (κ1) is 50.6. The van der Waals surface area contributed by atoms with Gasteiger partial charge in [0.05, 0.1) is 23.6 Å². The molecule has 3 aromatic carbocycles. The van der Waals surface area contributed by atoms with E-state index in [1.165, 1.54) is 23.5 Å². The number of nitrogens with one attached hydrogen (secondary N) is 8. The molecule has 3 aromatic rings. The highest BCUT2D eigenvalue weighted by Gasteiger charge is 2.50. The maximum absolute atomic E-state index is 13.7. The molecule has 0 aliphatic carbocycles. The number of esters is 1. The summed E-state index contributed by atoms with van der Waals surface area (Å²) in [6.07, 6.45) is 0.0830. The molecule has 0 bridgehead atoms. The van der Waals surface area contributed by atoms with Gasteiger partial charge in [-0.2, -0.15) is 0 Å². The Hall–Kier alpha value is -5.43. The molecule has 2 aliphatic rings. The van der Waals surface area contributed by atoms with Gasteiger partial charge in [-0.15, -0.1) is 23.5 Å². The summed E-state index contributed by atoms with van der Waals surface area (Å²) in [5.41, 5.74) is 1.67. The molecule has 8 N–H and O–H groups in total. The smallest absolute Gasteiger partial charge is 0.325 e. The van der Waals surface area contributed by atoms with Gasteiger partial charge in [0.2, 0.25) is 35.4 Å². The van der Waals surface area contributed by atoms with Crippen LogP contribution in [-0.4, -0.2) is 111 Å². The average Bonchev–Trinajstić information content (AvgIpc) is 3.75. The second-order valence-corrected chi connectivity index (χ2v) is 21.6. The number of rotatable bonds is 19. The van der Waals surface area contributed by atoms with Crippen LogP contribution in [0.2, 0.25) is 0 Å². The highest BCUT2D eigenvalue weighted by molar-refractivity contribution is 8.01. The lowest BCUT2D eigenvalue weighted by Crippen LogP contribution is -2.59. The van der Waals surface area contributed by atoms with Crippen LogP contribution in [0.15, 0.2) is 91.0 Å². The van der Waals surface area contributed by atoms with Crippen molar-refractivity contribution in [2.75, 3.05) is 19.6 Å². The Morgan fingerprint density at radius 1 is 0.585 bits per heavy atom. The van der Waals surface area contributed by atoms with Crippen molar-refractivity contribution in [1.29, 1.82) is 0 Å². The van der Waals surface area contributed by atoms with Gasteiger partial charge in [0.25, 0.3) is 0 Å². The molecule has 350 valence electrons. The summed E-state index contributed by atoms with van der Waals surface area (Å²) in [6, 6.07) is 23.9. The molecule has 16 nitrogen and oxygen atoms in total. The lowest BCUT2D eigenvalue weighted by atomic mass is 10.0. The third kappa shape index (κ3) is 15.3. The number of thioether (sulfide) groups is 2. The Labute approximate surface area is 389 Å². The molecular formula is C47H62N8O8S2. The fourth-order valence-electron chi connectivity index (χ4n) is 7.39. The average molecular weight is 931 g/mol. The summed E-state index contributed by atoms with van der Waals surface area (Å²) < 4.78 is 3.88. The SMILES string of the molecule is CC(C)(C)OC(=O)CNC(=O)C(NC(=O)Cc1ccccc1)[C@@H]1N[C@@H](C(=O)NCCNC(=O)[C@@H]2N[C@@H](C(NC(=O)Cc3ccccc3)C(=O)NCc3ccccc3)SC2(C)C)C(C)(C)S1. The number of amides is 6. The normalized spacial score (nSPS) is 20.6. The van der Waals surface area contributed by atoms with Crippen molar-refractivity contribution in [2.24, 2.45) is 0 Å². The van der Waals surface area contributed by atoms with E-state index in [2.05, 4.69) is 42.5 Å². The fraction of sp³-hybridized carbons (Fsp3) is 0.468. The first-order valence-corrected chi connectivity index (χ1v) is 23.4. The first-order valence-electron chi connectivity index (χ1n) is 21.6. The van der Waals surface area contributed by atoms with Crippen LogP contribution < -0.4 is 42.5 Å². The van der Waals surface area contributed by atoms with Gasteiger partial charge in [-0.05, 0) is 65.2 Å². The maximum Gasteiger partial charge on any atom is 0.325 e. The number of hydrogen-bond donors (Lipinski definition) is 8. The zero-order valence-corrected chi connectivity index (χ0v) is 39.6. The van der Waals surface area contributed by atoms with Crippen LogP contribution in [0.4, 0.5) is 0 Å². The third-order valence-corrected chi connectivity index (χ3v) is 13.5. The van der Waals surface area contributed by atoms with Gasteiger partial charge in [-0.1, -0.05) is 91.0 Å². The van der Waals surface area contributed by atoms with Crippen molar-refractivity contribution in [2.45, 2.75) is 118 Å². The van der Waals surface area contributed by atoms with E-state index in [0.717, 1.165) is 16.7 Å². The molecule has 2 aliphatic heterocycles. The summed E-state index contributed by atoms with van der Waals surface area (Å²) in [6.45, 7) is 12.6. The summed E-state index contributed by atoms with van der Waals surface area (Å²) in [5.74, 6) is -3.15. The van der Waals surface area contributed by atoms with Crippen molar-refractivity contribution in [1.82, 2.24) is 42.5 Å².